The van der Waals surface area contributed by atoms with E-state index in [1.54, 1.807) is 13.0 Å². The van der Waals surface area contributed by atoms with Crippen molar-refractivity contribution in [1.82, 2.24) is 0 Å². The Balaban J connectivity index is 3.70. The Morgan fingerprint density at radius 1 is 0.917 bits per heavy atom. The Labute approximate surface area is 141 Å². The second kappa shape index (κ2) is 9.02. The summed E-state index contributed by atoms with van der Waals surface area (Å²) in [5.41, 5.74) is 1.43. The van der Waals surface area contributed by atoms with E-state index in [1.165, 1.54) is 35.5 Å². The molecule has 0 heterocycles. The lowest BCUT2D eigenvalue weighted by Crippen LogP contribution is -2.06. The molecular weight excluding hydrogens is 316 g/mol. The van der Waals surface area contributed by atoms with Gasteiger partial charge < -0.3 is 28.8 Å². The third-order valence-electron chi connectivity index (χ3n) is 3.59. The quantitative estimate of drug-likeness (QED) is 0.692. The maximum atomic E-state index is 11.5. The predicted octanol–water partition coefficient (Wildman–Crippen LogP) is 2.53. The average Bonchev–Trinajstić information content (AvgIpc) is 2.58. The molecule has 0 unspecified atom stereocenters. The maximum absolute atomic E-state index is 11.5. The molecule has 0 fully saturated rings. The molecule has 134 valence electrons. The van der Waals surface area contributed by atoms with Crippen molar-refractivity contribution in [2.45, 2.75) is 13.3 Å². The third kappa shape index (κ3) is 3.91. The molecule has 0 atom stereocenters. The van der Waals surface area contributed by atoms with Gasteiger partial charge in [0.05, 0.1) is 35.0 Å². The standard InChI is InChI=1S/C17H24O7/c1-10-12(9-11(17(18)19)7-8-20-2)14(22-4)16(24-6)15(23-5)13(10)21-3/h9H,7-8H2,1-6H3,(H,18,19). The first-order chi connectivity index (χ1) is 11.5. The number of carboxylic acids is 1. The van der Waals surface area contributed by atoms with Gasteiger partial charge in [-0.1, -0.05) is 0 Å². The molecule has 0 amide bonds. The van der Waals surface area contributed by atoms with E-state index in [2.05, 4.69) is 0 Å². The highest BCUT2D eigenvalue weighted by Crippen LogP contribution is 2.49. The van der Waals surface area contributed by atoms with Crippen LogP contribution < -0.4 is 18.9 Å². The van der Waals surface area contributed by atoms with Crippen LogP contribution in [-0.4, -0.2) is 53.2 Å². The lowest BCUT2D eigenvalue weighted by Gasteiger charge is -2.20. The number of hydrogen-bond donors (Lipinski definition) is 1. The van der Waals surface area contributed by atoms with Crippen LogP contribution in [-0.2, 0) is 9.53 Å². The summed E-state index contributed by atoms with van der Waals surface area (Å²) in [4.78, 5) is 11.5. The van der Waals surface area contributed by atoms with Crippen molar-refractivity contribution in [3.63, 3.8) is 0 Å². The molecule has 0 aliphatic carbocycles. The van der Waals surface area contributed by atoms with E-state index in [1.807, 2.05) is 0 Å². The minimum atomic E-state index is -1.03. The number of ether oxygens (including phenoxy) is 5. The smallest absolute Gasteiger partial charge is 0.331 e. The van der Waals surface area contributed by atoms with Crippen LogP contribution in [0.5, 0.6) is 23.0 Å². The van der Waals surface area contributed by atoms with Crippen molar-refractivity contribution in [3.8, 4) is 23.0 Å². The molecule has 1 aromatic carbocycles. The molecule has 0 spiro atoms. The summed E-state index contributed by atoms with van der Waals surface area (Å²) in [6.07, 6.45) is 1.80. The maximum Gasteiger partial charge on any atom is 0.331 e. The zero-order valence-corrected chi connectivity index (χ0v) is 14.9. The Kier molecular flexibility index (Phi) is 7.38. The summed E-state index contributed by atoms with van der Waals surface area (Å²) < 4.78 is 26.6. The Morgan fingerprint density at radius 2 is 1.42 bits per heavy atom. The van der Waals surface area contributed by atoms with Gasteiger partial charge in [0, 0.05) is 30.2 Å². The number of rotatable bonds is 9. The van der Waals surface area contributed by atoms with Gasteiger partial charge in [-0.15, -0.1) is 0 Å². The van der Waals surface area contributed by atoms with Crippen LogP contribution in [0.1, 0.15) is 17.5 Å². The van der Waals surface area contributed by atoms with Gasteiger partial charge in [0.1, 0.15) is 0 Å². The fraction of sp³-hybridized carbons (Fsp3) is 0.471. The number of carbonyl (C=O) groups is 1. The predicted molar refractivity (Wildman–Crippen MR) is 89.5 cm³/mol. The Hall–Kier alpha value is -2.41. The Bertz CT molecular complexity index is 620. The molecule has 0 aromatic heterocycles. The molecule has 1 rings (SSSR count). The highest BCUT2D eigenvalue weighted by Gasteiger charge is 2.25. The summed E-state index contributed by atoms with van der Waals surface area (Å²) >= 11 is 0. The van der Waals surface area contributed by atoms with Gasteiger partial charge in [0.25, 0.3) is 0 Å². The minimum absolute atomic E-state index is 0.188. The first-order valence-electron chi connectivity index (χ1n) is 7.26. The largest absolute Gasteiger partial charge is 0.492 e. The van der Waals surface area contributed by atoms with Crippen molar-refractivity contribution >= 4 is 12.0 Å². The van der Waals surface area contributed by atoms with E-state index in [-0.39, 0.29) is 12.0 Å². The fourth-order valence-corrected chi connectivity index (χ4v) is 2.41. The third-order valence-corrected chi connectivity index (χ3v) is 3.59. The van der Waals surface area contributed by atoms with Gasteiger partial charge in [0.2, 0.25) is 11.5 Å². The Morgan fingerprint density at radius 3 is 1.83 bits per heavy atom. The fourth-order valence-electron chi connectivity index (χ4n) is 2.41. The SMILES string of the molecule is COCCC(=Cc1c(C)c(OC)c(OC)c(OC)c1OC)C(=O)O. The van der Waals surface area contributed by atoms with E-state index in [4.69, 9.17) is 23.7 Å². The molecule has 0 bridgehead atoms. The van der Waals surface area contributed by atoms with Crippen molar-refractivity contribution in [3.05, 3.63) is 16.7 Å². The van der Waals surface area contributed by atoms with Crippen molar-refractivity contribution < 1.29 is 33.6 Å². The summed E-state index contributed by atoms with van der Waals surface area (Å²) in [5.74, 6) is 0.536. The molecule has 0 aliphatic rings. The lowest BCUT2D eigenvalue weighted by atomic mass is 10.0. The number of carboxylic acid groups (broad SMARTS) is 1. The first kappa shape index (κ1) is 19.6. The molecule has 1 N–H and O–H groups in total. The molecule has 7 heteroatoms. The first-order valence-corrected chi connectivity index (χ1v) is 7.26. The van der Waals surface area contributed by atoms with Gasteiger partial charge in [-0.2, -0.15) is 0 Å². The van der Waals surface area contributed by atoms with E-state index in [0.717, 1.165) is 0 Å². The summed E-state index contributed by atoms with van der Waals surface area (Å²) in [6, 6.07) is 0. The summed E-state index contributed by atoms with van der Waals surface area (Å²) in [5, 5.41) is 9.42. The van der Waals surface area contributed by atoms with E-state index in [9.17, 15) is 9.90 Å². The minimum Gasteiger partial charge on any atom is -0.492 e. The zero-order valence-electron chi connectivity index (χ0n) is 14.9. The normalized spacial score (nSPS) is 11.2. The highest BCUT2D eigenvalue weighted by molar-refractivity contribution is 5.93. The molecule has 0 saturated heterocycles. The number of hydrogen-bond acceptors (Lipinski definition) is 6. The zero-order chi connectivity index (χ0) is 18.3. The van der Waals surface area contributed by atoms with Gasteiger partial charge in [-0.25, -0.2) is 4.79 Å². The van der Waals surface area contributed by atoms with Gasteiger partial charge in [-0.05, 0) is 13.0 Å². The average molecular weight is 340 g/mol. The van der Waals surface area contributed by atoms with Crippen molar-refractivity contribution in [1.29, 1.82) is 0 Å². The highest BCUT2D eigenvalue weighted by atomic mass is 16.5. The van der Waals surface area contributed by atoms with Gasteiger partial charge >= 0.3 is 5.97 Å². The van der Waals surface area contributed by atoms with Crippen molar-refractivity contribution in [2.75, 3.05) is 42.2 Å². The van der Waals surface area contributed by atoms with Crippen LogP contribution in [0.4, 0.5) is 0 Å². The van der Waals surface area contributed by atoms with Crippen LogP contribution in [0.3, 0.4) is 0 Å². The van der Waals surface area contributed by atoms with E-state index >= 15 is 0 Å². The number of benzene rings is 1. The van der Waals surface area contributed by atoms with Crippen LogP contribution in [0.25, 0.3) is 6.08 Å². The molecule has 0 radical (unpaired) electrons. The van der Waals surface area contributed by atoms with Gasteiger partial charge in [0.15, 0.2) is 11.5 Å². The number of methoxy groups -OCH3 is 5. The van der Waals surface area contributed by atoms with Crippen LogP contribution in [0.2, 0.25) is 0 Å². The van der Waals surface area contributed by atoms with Crippen molar-refractivity contribution in [2.24, 2.45) is 0 Å². The lowest BCUT2D eigenvalue weighted by molar-refractivity contribution is -0.132. The summed E-state index contributed by atoms with van der Waals surface area (Å²) in [7, 11) is 7.48. The monoisotopic (exact) mass is 340 g/mol. The van der Waals surface area contributed by atoms with E-state index in [0.29, 0.717) is 40.7 Å². The molecular formula is C17H24O7. The second-order valence-corrected chi connectivity index (χ2v) is 4.89. The van der Waals surface area contributed by atoms with Crippen LogP contribution in [0.15, 0.2) is 5.57 Å². The topological polar surface area (TPSA) is 83.5 Å². The van der Waals surface area contributed by atoms with Crippen LogP contribution >= 0.6 is 0 Å². The molecule has 1 aromatic rings. The molecule has 7 nitrogen and oxygen atoms in total. The molecule has 0 saturated carbocycles. The second-order valence-electron chi connectivity index (χ2n) is 4.89. The number of aliphatic carboxylic acids is 1. The van der Waals surface area contributed by atoms with E-state index < -0.39 is 5.97 Å². The molecule has 24 heavy (non-hydrogen) atoms. The molecule has 0 aliphatic heterocycles. The van der Waals surface area contributed by atoms with Gasteiger partial charge in [-0.3, -0.25) is 0 Å². The summed E-state index contributed by atoms with van der Waals surface area (Å²) in [6.45, 7) is 2.09. The van der Waals surface area contributed by atoms with Crippen LogP contribution in [0, 0.1) is 6.92 Å².